The standard InChI is InChI=1S/C28H37N3O3/c1-4-34-20-19-31-25-12-8-7-11-24(25)29-26(31)22-14-17-30(18-15-22)16-13-21-9-5-6-10-23(21)28(2,3)27(32)33/h5-12,22H,4,13-20H2,1-3H3,(H,32,33). The van der Waals surface area contributed by atoms with Crippen molar-refractivity contribution in [2.75, 3.05) is 32.8 Å². The van der Waals surface area contributed by atoms with Crippen molar-refractivity contribution in [2.24, 2.45) is 0 Å². The Hall–Kier alpha value is -2.70. The number of aromatic nitrogens is 2. The van der Waals surface area contributed by atoms with Crippen molar-refractivity contribution in [2.45, 2.75) is 57.9 Å². The molecule has 1 N–H and O–H groups in total. The molecule has 6 heteroatoms. The van der Waals surface area contributed by atoms with Gasteiger partial charge in [-0.1, -0.05) is 36.4 Å². The molecule has 34 heavy (non-hydrogen) atoms. The van der Waals surface area contributed by atoms with Crippen LogP contribution in [0.3, 0.4) is 0 Å². The zero-order valence-corrected chi connectivity index (χ0v) is 20.7. The molecule has 0 aliphatic carbocycles. The summed E-state index contributed by atoms with van der Waals surface area (Å²) >= 11 is 0. The van der Waals surface area contributed by atoms with E-state index in [4.69, 9.17) is 9.72 Å². The first-order valence-electron chi connectivity index (χ1n) is 12.5. The van der Waals surface area contributed by atoms with Gasteiger partial charge in [0.2, 0.25) is 0 Å². The van der Waals surface area contributed by atoms with Crippen LogP contribution in [0.4, 0.5) is 0 Å². The zero-order chi connectivity index (χ0) is 24.1. The van der Waals surface area contributed by atoms with Crippen molar-refractivity contribution < 1.29 is 14.6 Å². The topological polar surface area (TPSA) is 67.6 Å². The molecule has 1 fully saturated rings. The number of hydrogen-bond donors (Lipinski definition) is 1. The number of nitrogens with zero attached hydrogens (tertiary/aromatic N) is 3. The molecule has 1 saturated heterocycles. The van der Waals surface area contributed by atoms with Gasteiger partial charge in [0.15, 0.2) is 0 Å². The number of fused-ring (bicyclic) bond motifs is 1. The molecule has 182 valence electrons. The monoisotopic (exact) mass is 463 g/mol. The predicted octanol–water partition coefficient (Wildman–Crippen LogP) is 4.86. The third kappa shape index (κ3) is 5.18. The Kier molecular flexibility index (Phi) is 7.69. The molecule has 0 bridgehead atoms. The molecule has 6 nitrogen and oxygen atoms in total. The third-order valence-corrected chi connectivity index (χ3v) is 7.22. The van der Waals surface area contributed by atoms with Gasteiger partial charge >= 0.3 is 5.97 Å². The molecule has 1 aliphatic heterocycles. The minimum absolute atomic E-state index is 0.448. The summed E-state index contributed by atoms with van der Waals surface area (Å²) in [7, 11) is 0. The van der Waals surface area contributed by atoms with Crippen LogP contribution in [0.5, 0.6) is 0 Å². The van der Waals surface area contributed by atoms with E-state index in [9.17, 15) is 9.90 Å². The quantitative estimate of drug-likeness (QED) is 0.435. The molecule has 4 rings (SSSR count). The summed E-state index contributed by atoms with van der Waals surface area (Å²) in [5.74, 6) is 0.852. The second-order valence-electron chi connectivity index (χ2n) is 9.76. The van der Waals surface area contributed by atoms with Crippen LogP contribution in [-0.2, 0) is 27.9 Å². The molecule has 0 amide bonds. The number of carboxylic acid groups (broad SMARTS) is 1. The molecule has 3 aromatic rings. The van der Waals surface area contributed by atoms with Crippen molar-refractivity contribution in [3.05, 3.63) is 65.5 Å². The van der Waals surface area contributed by atoms with Crippen LogP contribution in [0, 0.1) is 0 Å². The molecule has 2 heterocycles. The van der Waals surface area contributed by atoms with Crippen molar-refractivity contribution in [3.63, 3.8) is 0 Å². The van der Waals surface area contributed by atoms with Crippen LogP contribution in [-0.4, -0.2) is 58.4 Å². The van der Waals surface area contributed by atoms with Crippen molar-refractivity contribution in [1.29, 1.82) is 0 Å². The van der Waals surface area contributed by atoms with Gasteiger partial charge in [0, 0.05) is 25.6 Å². The minimum atomic E-state index is -0.885. The highest BCUT2D eigenvalue weighted by Gasteiger charge is 2.31. The summed E-state index contributed by atoms with van der Waals surface area (Å²) in [6.45, 7) is 10.9. The summed E-state index contributed by atoms with van der Waals surface area (Å²) in [4.78, 5) is 19.3. The lowest BCUT2D eigenvalue weighted by atomic mass is 9.81. The van der Waals surface area contributed by atoms with Gasteiger partial charge < -0.3 is 19.3 Å². The average Bonchev–Trinajstić information content (AvgIpc) is 3.22. The molecule has 1 aromatic heterocycles. The van der Waals surface area contributed by atoms with E-state index in [0.29, 0.717) is 12.5 Å². The number of ether oxygens (including phenoxy) is 1. The maximum absolute atomic E-state index is 11.8. The van der Waals surface area contributed by atoms with Gasteiger partial charge in [-0.05, 0) is 76.4 Å². The van der Waals surface area contributed by atoms with Crippen molar-refractivity contribution in [1.82, 2.24) is 14.5 Å². The van der Waals surface area contributed by atoms with Gasteiger partial charge in [0.25, 0.3) is 0 Å². The lowest BCUT2D eigenvalue weighted by molar-refractivity contribution is -0.142. The largest absolute Gasteiger partial charge is 0.481 e. The molecular formula is C28H37N3O3. The number of hydrogen-bond acceptors (Lipinski definition) is 4. The second-order valence-corrected chi connectivity index (χ2v) is 9.76. The molecule has 0 spiro atoms. The highest BCUT2D eigenvalue weighted by Crippen LogP contribution is 2.31. The smallest absolute Gasteiger partial charge is 0.313 e. The zero-order valence-electron chi connectivity index (χ0n) is 20.7. The van der Waals surface area contributed by atoms with Crippen LogP contribution in [0.15, 0.2) is 48.5 Å². The van der Waals surface area contributed by atoms with Crippen molar-refractivity contribution >= 4 is 17.0 Å². The minimum Gasteiger partial charge on any atom is -0.481 e. The van der Waals surface area contributed by atoms with E-state index in [1.54, 1.807) is 13.8 Å². The Morgan fingerprint density at radius 3 is 2.53 bits per heavy atom. The Bertz CT molecular complexity index is 1110. The molecule has 0 unspecified atom stereocenters. The first-order chi connectivity index (χ1) is 16.4. The van der Waals surface area contributed by atoms with Crippen molar-refractivity contribution in [3.8, 4) is 0 Å². The fourth-order valence-corrected chi connectivity index (χ4v) is 5.10. The maximum atomic E-state index is 11.8. The predicted molar refractivity (Wildman–Crippen MR) is 135 cm³/mol. The highest BCUT2D eigenvalue weighted by atomic mass is 16.5. The summed E-state index contributed by atoms with van der Waals surface area (Å²) < 4.78 is 8.00. The SMILES string of the molecule is CCOCCn1c(C2CCN(CCc3ccccc3C(C)(C)C(=O)O)CC2)nc2ccccc21. The van der Waals surface area contributed by atoms with Crippen LogP contribution < -0.4 is 0 Å². The normalized spacial score (nSPS) is 15.7. The first-order valence-corrected chi connectivity index (χ1v) is 12.5. The van der Waals surface area contributed by atoms with Gasteiger partial charge in [0.1, 0.15) is 5.82 Å². The van der Waals surface area contributed by atoms with Gasteiger partial charge in [-0.15, -0.1) is 0 Å². The van der Waals surface area contributed by atoms with Crippen LogP contribution in [0.2, 0.25) is 0 Å². The third-order valence-electron chi connectivity index (χ3n) is 7.22. The lowest BCUT2D eigenvalue weighted by Crippen LogP contribution is -2.36. The Morgan fingerprint density at radius 1 is 1.09 bits per heavy atom. The fourth-order valence-electron chi connectivity index (χ4n) is 5.10. The van der Waals surface area contributed by atoms with Crippen LogP contribution >= 0.6 is 0 Å². The molecule has 0 atom stereocenters. The van der Waals surface area contributed by atoms with E-state index in [1.807, 2.05) is 25.1 Å². The molecule has 0 radical (unpaired) electrons. The van der Waals surface area contributed by atoms with E-state index in [0.717, 1.165) is 68.7 Å². The van der Waals surface area contributed by atoms with Gasteiger partial charge in [0.05, 0.1) is 23.1 Å². The Balaban J connectivity index is 1.41. The van der Waals surface area contributed by atoms with Crippen LogP contribution in [0.1, 0.15) is 56.5 Å². The van der Waals surface area contributed by atoms with E-state index in [1.165, 1.54) is 11.3 Å². The summed E-state index contributed by atoms with van der Waals surface area (Å²) in [5, 5.41) is 9.69. The fraction of sp³-hybridized carbons (Fsp3) is 0.500. The van der Waals surface area contributed by atoms with Gasteiger partial charge in [-0.2, -0.15) is 0 Å². The number of aliphatic carboxylic acids is 1. The Morgan fingerprint density at radius 2 is 1.79 bits per heavy atom. The van der Waals surface area contributed by atoms with Gasteiger partial charge in [-0.25, -0.2) is 4.98 Å². The number of imidazole rings is 1. The van der Waals surface area contributed by atoms with Crippen LogP contribution in [0.25, 0.3) is 11.0 Å². The number of benzene rings is 2. The molecular weight excluding hydrogens is 426 g/mol. The first kappa shape index (κ1) is 24.4. The highest BCUT2D eigenvalue weighted by molar-refractivity contribution is 5.80. The average molecular weight is 464 g/mol. The molecule has 0 saturated carbocycles. The Labute approximate surface area is 202 Å². The summed E-state index contributed by atoms with van der Waals surface area (Å²) in [6, 6.07) is 16.4. The lowest BCUT2D eigenvalue weighted by Gasteiger charge is -2.32. The van der Waals surface area contributed by atoms with E-state index in [2.05, 4.69) is 39.8 Å². The second kappa shape index (κ2) is 10.7. The number of carboxylic acids is 1. The van der Waals surface area contributed by atoms with Gasteiger partial charge in [-0.3, -0.25) is 4.79 Å². The van der Waals surface area contributed by atoms with E-state index < -0.39 is 11.4 Å². The number of para-hydroxylation sites is 2. The number of carbonyl (C=O) groups is 1. The summed E-state index contributed by atoms with van der Waals surface area (Å²) in [6.07, 6.45) is 3.03. The molecule has 2 aromatic carbocycles. The molecule has 1 aliphatic rings. The van der Waals surface area contributed by atoms with E-state index in [-0.39, 0.29) is 0 Å². The maximum Gasteiger partial charge on any atom is 0.313 e. The number of rotatable bonds is 10. The van der Waals surface area contributed by atoms with E-state index >= 15 is 0 Å². The number of likely N-dealkylation sites (tertiary alicyclic amines) is 1. The number of piperidine rings is 1. The summed E-state index contributed by atoms with van der Waals surface area (Å²) in [5.41, 5.74) is 3.42.